The van der Waals surface area contributed by atoms with Crippen LogP contribution in [0.1, 0.15) is 60.0 Å². The van der Waals surface area contributed by atoms with Gasteiger partial charge in [-0.2, -0.15) is 0 Å². The van der Waals surface area contributed by atoms with Crippen LogP contribution in [0.25, 0.3) is 0 Å². The van der Waals surface area contributed by atoms with Crippen LogP contribution in [0.3, 0.4) is 0 Å². The highest BCUT2D eigenvalue weighted by Gasteiger charge is 2.21. The first kappa shape index (κ1) is 20.9. The predicted molar refractivity (Wildman–Crippen MR) is 122 cm³/mol. The minimum absolute atomic E-state index is 0.292. The molecule has 1 saturated heterocycles. The number of fused-ring (bicyclic) bond motifs is 1. The van der Waals surface area contributed by atoms with Gasteiger partial charge in [0, 0.05) is 36.3 Å². The number of para-hydroxylation sites is 1. The summed E-state index contributed by atoms with van der Waals surface area (Å²) in [4.78, 5) is 15.3. The first-order valence-electron chi connectivity index (χ1n) is 11.5. The molecule has 0 unspecified atom stereocenters. The number of carbonyl (C=O) groups is 1. The van der Waals surface area contributed by atoms with E-state index in [1.807, 2.05) is 18.2 Å². The van der Waals surface area contributed by atoms with Crippen LogP contribution in [-0.4, -0.2) is 37.4 Å². The Morgan fingerprint density at radius 1 is 1.13 bits per heavy atom. The third kappa shape index (κ3) is 5.23. The fourth-order valence-corrected chi connectivity index (χ4v) is 4.78. The lowest BCUT2D eigenvalue weighted by Gasteiger charge is -2.32. The number of hydrogen-bond acceptors (Lipinski definition) is 4. The standard InChI is InChI=1S/C26H34N2O2/c1-30-26-8-3-2-7-23(26)19-28-16-13-20(14-17-28)9-12-25(29)22-11-10-21-6-4-5-15-27-24(21)18-22/h2-3,7-8,10-11,18,20,27H,4-6,9,12-17,19H2,1H3. The number of piperidine rings is 1. The highest BCUT2D eigenvalue weighted by molar-refractivity contribution is 5.97. The molecule has 2 heterocycles. The summed E-state index contributed by atoms with van der Waals surface area (Å²) in [6.07, 6.45) is 7.56. The summed E-state index contributed by atoms with van der Waals surface area (Å²) in [6.45, 7) is 4.15. The lowest BCUT2D eigenvalue weighted by Crippen LogP contribution is -2.33. The van der Waals surface area contributed by atoms with Crippen molar-refractivity contribution in [3.63, 3.8) is 0 Å². The van der Waals surface area contributed by atoms with E-state index in [9.17, 15) is 4.79 Å². The Hall–Kier alpha value is -2.33. The van der Waals surface area contributed by atoms with Gasteiger partial charge in [-0.15, -0.1) is 0 Å². The highest BCUT2D eigenvalue weighted by Crippen LogP contribution is 2.27. The van der Waals surface area contributed by atoms with Crippen LogP contribution in [0.2, 0.25) is 0 Å². The fourth-order valence-electron chi connectivity index (χ4n) is 4.78. The van der Waals surface area contributed by atoms with E-state index < -0.39 is 0 Å². The number of carbonyl (C=O) groups excluding carboxylic acids is 1. The van der Waals surface area contributed by atoms with E-state index in [0.29, 0.717) is 18.1 Å². The van der Waals surface area contributed by atoms with Crippen LogP contribution in [-0.2, 0) is 13.0 Å². The molecule has 0 aliphatic carbocycles. The normalized spacial score (nSPS) is 17.6. The Morgan fingerprint density at radius 3 is 2.80 bits per heavy atom. The molecule has 2 aliphatic heterocycles. The zero-order chi connectivity index (χ0) is 20.8. The van der Waals surface area contributed by atoms with Crippen molar-refractivity contribution in [3.05, 3.63) is 59.2 Å². The molecular weight excluding hydrogens is 372 g/mol. The van der Waals surface area contributed by atoms with E-state index in [-0.39, 0.29) is 0 Å². The molecule has 0 saturated carbocycles. The number of methoxy groups -OCH3 is 1. The molecule has 4 rings (SSSR count). The highest BCUT2D eigenvalue weighted by atomic mass is 16.5. The van der Waals surface area contributed by atoms with Gasteiger partial charge in [0.05, 0.1) is 7.11 Å². The lowest BCUT2D eigenvalue weighted by atomic mass is 9.90. The second-order valence-corrected chi connectivity index (χ2v) is 8.75. The summed E-state index contributed by atoms with van der Waals surface area (Å²) in [5, 5.41) is 3.49. The molecule has 0 spiro atoms. The maximum Gasteiger partial charge on any atom is 0.162 e. The van der Waals surface area contributed by atoms with Crippen LogP contribution in [0.15, 0.2) is 42.5 Å². The van der Waals surface area contributed by atoms with Crippen molar-refractivity contribution in [2.45, 2.75) is 51.5 Å². The second-order valence-electron chi connectivity index (χ2n) is 8.75. The maximum atomic E-state index is 12.8. The summed E-state index contributed by atoms with van der Waals surface area (Å²) in [7, 11) is 1.74. The van der Waals surface area contributed by atoms with Gasteiger partial charge in [0.25, 0.3) is 0 Å². The molecule has 2 aliphatic rings. The van der Waals surface area contributed by atoms with Gasteiger partial charge in [-0.3, -0.25) is 9.69 Å². The Balaban J connectivity index is 1.25. The molecule has 160 valence electrons. The van der Waals surface area contributed by atoms with Gasteiger partial charge in [0.2, 0.25) is 0 Å². The van der Waals surface area contributed by atoms with Crippen molar-refractivity contribution in [1.82, 2.24) is 4.90 Å². The third-order valence-corrected chi connectivity index (χ3v) is 6.69. The first-order chi connectivity index (χ1) is 14.7. The largest absolute Gasteiger partial charge is 0.496 e. The number of ether oxygens (including phenoxy) is 1. The van der Waals surface area contributed by atoms with Gasteiger partial charge < -0.3 is 10.1 Å². The Morgan fingerprint density at radius 2 is 1.97 bits per heavy atom. The number of likely N-dealkylation sites (tertiary alicyclic amines) is 1. The van der Waals surface area contributed by atoms with E-state index in [0.717, 1.165) is 50.3 Å². The fraction of sp³-hybridized carbons (Fsp3) is 0.500. The quantitative estimate of drug-likeness (QED) is 0.632. The number of hydrogen-bond donors (Lipinski definition) is 1. The molecule has 2 aromatic rings. The Kier molecular flexibility index (Phi) is 7.06. The second kappa shape index (κ2) is 10.1. The van der Waals surface area contributed by atoms with Crippen molar-refractivity contribution in [3.8, 4) is 5.75 Å². The van der Waals surface area contributed by atoms with Crippen LogP contribution in [0.5, 0.6) is 5.75 Å². The van der Waals surface area contributed by atoms with Crippen molar-refractivity contribution in [2.24, 2.45) is 5.92 Å². The Labute approximate surface area is 180 Å². The van der Waals surface area contributed by atoms with Crippen molar-refractivity contribution < 1.29 is 9.53 Å². The maximum absolute atomic E-state index is 12.8. The number of Topliss-reactive ketones (excluding diaryl/α,β-unsaturated/α-hetero) is 1. The smallest absolute Gasteiger partial charge is 0.162 e. The van der Waals surface area contributed by atoms with Crippen molar-refractivity contribution >= 4 is 11.5 Å². The Bertz CT molecular complexity index is 856. The molecule has 0 amide bonds. The number of nitrogens with zero attached hydrogens (tertiary/aromatic N) is 1. The molecule has 1 N–H and O–H groups in total. The average molecular weight is 407 g/mol. The summed E-state index contributed by atoms with van der Waals surface area (Å²) in [5.74, 6) is 1.92. The third-order valence-electron chi connectivity index (χ3n) is 6.69. The zero-order valence-corrected chi connectivity index (χ0v) is 18.2. The molecule has 0 aromatic heterocycles. The molecule has 2 aromatic carbocycles. The minimum atomic E-state index is 0.292. The number of aryl methyl sites for hydroxylation is 1. The van der Waals surface area contributed by atoms with Crippen molar-refractivity contribution in [1.29, 1.82) is 0 Å². The summed E-state index contributed by atoms with van der Waals surface area (Å²) < 4.78 is 5.49. The van der Waals surface area contributed by atoms with Gasteiger partial charge in [-0.25, -0.2) is 0 Å². The van der Waals surface area contributed by atoms with E-state index >= 15 is 0 Å². The molecule has 0 bridgehead atoms. The molecule has 4 nitrogen and oxygen atoms in total. The molecular formula is C26H34N2O2. The average Bonchev–Trinajstić information content (AvgIpc) is 3.03. The monoisotopic (exact) mass is 406 g/mol. The van der Waals surface area contributed by atoms with Gasteiger partial charge in [0.15, 0.2) is 5.78 Å². The zero-order valence-electron chi connectivity index (χ0n) is 18.2. The van der Waals surface area contributed by atoms with Gasteiger partial charge in [0.1, 0.15) is 5.75 Å². The summed E-state index contributed by atoms with van der Waals surface area (Å²) >= 11 is 0. The van der Waals surface area contributed by atoms with E-state index in [1.54, 1.807) is 7.11 Å². The van der Waals surface area contributed by atoms with Gasteiger partial charge >= 0.3 is 0 Å². The van der Waals surface area contributed by atoms with E-state index in [1.165, 1.54) is 42.5 Å². The lowest BCUT2D eigenvalue weighted by molar-refractivity contribution is 0.0961. The van der Waals surface area contributed by atoms with Crippen LogP contribution < -0.4 is 10.1 Å². The number of benzene rings is 2. The number of ketones is 1. The van der Waals surface area contributed by atoms with E-state index in [2.05, 4.69) is 34.5 Å². The predicted octanol–water partition coefficient (Wildman–Crippen LogP) is 5.32. The van der Waals surface area contributed by atoms with Gasteiger partial charge in [-0.05, 0) is 75.2 Å². The van der Waals surface area contributed by atoms with Crippen LogP contribution >= 0.6 is 0 Å². The number of rotatable bonds is 7. The minimum Gasteiger partial charge on any atom is -0.496 e. The van der Waals surface area contributed by atoms with Crippen LogP contribution in [0.4, 0.5) is 5.69 Å². The number of nitrogens with one attached hydrogen (secondary N) is 1. The summed E-state index contributed by atoms with van der Waals surface area (Å²) in [5.41, 5.74) is 4.65. The van der Waals surface area contributed by atoms with Crippen molar-refractivity contribution in [2.75, 3.05) is 32.1 Å². The molecule has 0 atom stereocenters. The molecule has 0 radical (unpaired) electrons. The molecule has 30 heavy (non-hydrogen) atoms. The first-order valence-corrected chi connectivity index (χ1v) is 11.5. The van der Waals surface area contributed by atoms with Gasteiger partial charge in [-0.1, -0.05) is 30.3 Å². The SMILES string of the molecule is COc1ccccc1CN1CCC(CCC(=O)c2ccc3c(c2)NCCCC3)CC1. The number of anilines is 1. The topological polar surface area (TPSA) is 41.6 Å². The van der Waals surface area contributed by atoms with E-state index in [4.69, 9.17) is 4.74 Å². The summed E-state index contributed by atoms with van der Waals surface area (Å²) in [6, 6.07) is 14.5. The van der Waals surface area contributed by atoms with Crippen LogP contribution in [0, 0.1) is 5.92 Å². The molecule has 4 heteroatoms. The molecule has 1 fully saturated rings.